The number of aldehydes is 1. The molecular weight excluding hydrogens is 171 g/mol. The first-order chi connectivity index (χ1) is 6.15. The summed E-state index contributed by atoms with van der Waals surface area (Å²) in [5.74, 6) is -0.624. The van der Waals surface area contributed by atoms with E-state index >= 15 is 0 Å². The minimum atomic E-state index is -0.345. The average Bonchev–Trinajstić information content (AvgIpc) is 2.10. The second kappa shape index (κ2) is 3.94. The predicted octanol–water partition coefficient (Wildman–Crippen LogP) is 1.91. The molecule has 0 saturated heterocycles. The molecule has 0 heterocycles. The lowest BCUT2D eigenvalue weighted by molar-refractivity contribution is -0.107. The van der Waals surface area contributed by atoms with E-state index < -0.39 is 0 Å². The van der Waals surface area contributed by atoms with Gasteiger partial charge >= 0.3 is 0 Å². The van der Waals surface area contributed by atoms with Crippen molar-refractivity contribution in [3.63, 3.8) is 0 Å². The zero-order valence-electron chi connectivity index (χ0n) is 7.21. The van der Waals surface area contributed by atoms with E-state index in [0.29, 0.717) is 17.4 Å². The van der Waals surface area contributed by atoms with Crippen LogP contribution in [0.2, 0.25) is 0 Å². The number of aryl methyl sites for hydroxylation is 1. The van der Waals surface area contributed by atoms with Gasteiger partial charge in [-0.15, -0.1) is 0 Å². The Bertz CT molecular complexity index is 345. The molecule has 0 saturated carbocycles. The summed E-state index contributed by atoms with van der Waals surface area (Å²) >= 11 is 0. The van der Waals surface area contributed by atoms with Crippen molar-refractivity contribution in [3.05, 3.63) is 35.1 Å². The number of hydrogen-bond donors (Lipinski definition) is 0. The Morgan fingerprint density at radius 3 is 2.77 bits per heavy atom. The van der Waals surface area contributed by atoms with Crippen molar-refractivity contribution in [1.29, 1.82) is 0 Å². The molecule has 0 aliphatic carbocycles. The van der Waals surface area contributed by atoms with Crippen LogP contribution in [0.1, 0.15) is 22.3 Å². The summed E-state index contributed by atoms with van der Waals surface area (Å²) in [5.41, 5.74) is 0.794. The highest BCUT2D eigenvalue weighted by Gasteiger charge is 2.06. The Hall–Kier alpha value is -1.51. The van der Waals surface area contributed by atoms with Crippen molar-refractivity contribution >= 4 is 12.1 Å². The summed E-state index contributed by atoms with van der Waals surface area (Å²) in [6.07, 6.45) is 0.395. The van der Waals surface area contributed by atoms with Crippen LogP contribution in [-0.4, -0.2) is 12.1 Å². The first kappa shape index (κ1) is 9.58. The normalized spacial score (nSPS) is 9.69. The summed E-state index contributed by atoms with van der Waals surface area (Å²) < 4.78 is 12.8. The van der Waals surface area contributed by atoms with Crippen LogP contribution in [0, 0.1) is 12.7 Å². The monoisotopic (exact) mass is 180 g/mol. The molecule has 0 aliphatic heterocycles. The fourth-order valence-electron chi connectivity index (χ4n) is 1.01. The maximum atomic E-state index is 12.8. The molecule has 0 amide bonds. The van der Waals surface area contributed by atoms with Gasteiger partial charge in [0, 0.05) is 5.56 Å². The molecule has 0 bridgehead atoms. The Morgan fingerprint density at radius 2 is 2.23 bits per heavy atom. The molecule has 1 rings (SSSR count). The molecular formula is C10H9FO2. The van der Waals surface area contributed by atoms with E-state index in [1.807, 2.05) is 0 Å². The highest BCUT2D eigenvalue weighted by Crippen LogP contribution is 2.10. The molecule has 0 aliphatic rings. The zero-order valence-corrected chi connectivity index (χ0v) is 7.21. The van der Waals surface area contributed by atoms with E-state index in [4.69, 9.17) is 0 Å². The lowest BCUT2D eigenvalue weighted by atomic mass is 10.1. The first-order valence-corrected chi connectivity index (χ1v) is 3.88. The van der Waals surface area contributed by atoms with E-state index in [9.17, 15) is 14.0 Å². The van der Waals surface area contributed by atoms with Crippen molar-refractivity contribution < 1.29 is 14.0 Å². The molecule has 1 aromatic carbocycles. The van der Waals surface area contributed by atoms with Crippen LogP contribution in [0.25, 0.3) is 0 Å². The fraction of sp³-hybridized carbons (Fsp3) is 0.200. The van der Waals surface area contributed by atoms with Crippen molar-refractivity contribution in [2.24, 2.45) is 0 Å². The maximum Gasteiger partial charge on any atom is 0.169 e. The van der Waals surface area contributed by atoms with E-state index in [0.717, 1.165) is 0 Å². The third kappa shape index (κ3) is 2.21. The molecule has 0 unspecified atom stereocenters. The standard InChI is InChI=1S/C10H9FO2/c1-7-6-8(2-3-9(7)11)10(13)4-5-12/h2-3,5-6H,4H2,1H3. The van der Waals surface area contributed by atoms with Crippen LogP contribution >= 0.6 is 0 Å². The number of benzene rings is 1. The quantitative estimate of drug-likeness (QED) is 0.404. The van der Waals surface area contributed by atoms with Gasteiger partial charge in [0.15, 0.2) is 5.78 Å². The van der Waals surface area contributed by atoms with Gasteiger partial charge in [-0.25, -0.2) is 4.39 Å². The van der Waals surface area contributed by atoms with Crippen molar-refractivity contribution in [1.82, 2.24) is 0 Å². The van der Waals surface area contributed by atoms with Crippen LogP contribution in [-0.2, 0) is 4.79 Å². The Balaban J connectivity index is 2.96. The minimum absolute atomic E-state index is 0.148. The van der Waals surface area contributed by atoms with Gasteiger partial charge in [-0.2, -0.15) is 0 Å². The van der Waals surface area contributed by atoms with Crippen molar-refractivity contribution in [2.75, 3.05) is 0 Å². The van der Waals surface area contributed by atoms with Gasteiger partial charge in [0.25, 0.3) is 0 Å². The van der Waals surface area contributed by atoms with Gasteiger partial charge in [-0.05, 0) is 30.7 Å². The van der Waals surface area contributed by atoms with E-state index in [1.165, 1.54) is 18.2 Å². The number of carbonyl (C=O) groups excluding carboxylic acids is 2. The number of Topliss-reactive ketones (excluding diaryl/α,β-unsaturated/α-hetero) is 1. The van der Waals surface area contributed by atoms with Crippen molar-refractivity contribution in [3.8, 4) is 0 Å². The molecule has 0 radical (unpaired) electrons. The van der Waals surface area contributed by atoms with Crippen LogP contribution < -0.4 is 0 Å². The van der Waals surface area contributed by atoms with Crippen LogP contribution in [0.4, 0.5) is 4.39 Å². The molecule has 68 valence electrons. The molecule has 0 N–H and O–H groups in total. The highest BCUT2D eigenvalue weighted by atomic mass is 19.1. The van der Waals surface area contributed by atoms with Gasteiger partial charge < -0.3 is 4.79 Å². The number of ketones is 1. The largest absolute Gasteiger partial charge is 0.303 e. The molecule has 0 atom stereocenters. The van der Waals surface area contributed by atoms with E-state index in [-0.39, 0.29) is 18.0 Å². The number of rotatable bonds is 3. The van der Waals surface area contributed by atoms with E-state index in [1.54, 1.807) is 6.92 Å². The summed E-state index contributed by atoms with van der Waals surface area (Å²) in [6.45, 7) is 1.58. The topological polar surface area (TPSA) is 34.1 Å². The summed E-state index contributed by atoms with van der Waals surface area (Å²) in [6, 6.07) is 4.06. The molecule has 2 nitrogen and oxygen atoms in total. The van der Waals surface area contributed by atoms with Gasteiger partial charge in [0.05, 0.1) is 6.42 Å². The Morgan fingerprint density at radius 1 is 1.54 bits per heavy atom. The minimum Gasteiger partial charge on any atom is -0.303 e. The second-order valence-electron chi connectivity index (χ2n) is 2.76. The molecule has 1 aromatic rings. The summed E-state index contributed by atoms with van der Waals surface area (Å²) in [4.78, 5) is 21.2. The lowest BCUT2D eigenvalue weighted by Crippen LogP contribution is -2.00. The maximum absolute atomic E-state index is 12.8. The molecule has 3 heteroatoms. The second-order valence-corrected chi connectivity index (χ2v) is 2.76. The average molecular weight is 180 g/mol. The molecule has 0 fully saturated rings. The lowest BCUT2D eigenvalue weighted by Gasteiger charge is -1.99. The fourth-order valence-corrected chi connectivity index (χ4v) is 1.01. The molecule has 0 spiro atoms. The van der Waals surface area contributed by atoms with Gasteiger partial charge in [-0.1, -0.05) is 0 Å². The van der Waals surface area contributed by atoms with Gasteiger partial charge in [0.1, 0.15) is 12.1 Å². The SMILES string of the molecule is Cc1cc(C(=O)CC=O)ccc1F. The van der Waals surface area contributed by atoms with Crippen molar-refractivity contribution in [2.45, 2.75) is 13.3 Å². The third-order valence-electron chi connectivity index (χ3n) is 1.75. The number of halogens is 1. The van der Waals surface area contributed by atoms with Gasteiger partial charge in [0.2, 0.25) is 0 Å². The highest BCUT2D eigenvalue weighted by molar-refractivity contribution is 6.02. The Kier molecular flexibility index (Phi) is 2.90. The predicted molar refractivity (Wildman–Crippen MR) is 46.1 cm³/mol. The van der Waals surface area contributed by atoms with Crippen LogP contribution in [0.15, 0.2) is 18.2 Å². The first-order valence-electron chi connectivity index (χ1n) is 3.88. The molecule has 13 heavy (non-hydrogen) atoms. The summed E-state index contributed by atoms with van der Waals surface area (Å²) in [5, 5.41) is 0. The zero-order chi connectivity index (χ0) is 9.84. The van der Waals surface area contributed by atoms with Crippen LogP contribution in [0.3, 0.4) is 0 Å². The third-order valence-corrected chi connectivity index (χ3v) is 1.75. The van der Waals surface area contributed by atoms with Gasteiger partial charge in [-0.3, -0.25) is 4.79 Å². The molecule has 0 aromatic heterocycles. The Labute approximate surface area is 75.4 Å². The van der Waals surface area contributed by atoms with Crippen LogP contribution in [0.5, 0.6) is 0 Å². The van der Waals surface area contributed by atoms with E-state index in [2.05, 4.69) is 0 Å². The number of carbonyl (C=O) groups is 2. The smallest absolute Gasteiger partial charge is 0.169 e. The number of hydrogen-bond acceptors (Lipinski definition) is 2. The summed E-state index contributed by atoms with van der Waals surface area (Å²) in [7, 11) is 0.